The molecular formula is C56H104NO7+. The zero-order valence-electron chi connectivity index (χ0n) is 42.7. The molecule has 64 heavy (non-hydrogen) atoms. The molecule has 0 amide bonds. The van der Waals surface area contributed by atoms with Gasteiger partial charge in [-0.05, 0) is 64.2 Å². The fourth-order valence-electron chi connectivity index (χ4n) is 8.08. The lowest BCUT2D eigenvalue weighted by molar-refractivity contribution is -0.887. The molecule has 0 saturated heterocycles. The van der Waals surface area contributed by atoms with Crippen LogP contribution in [-0.4, -0.2) is 80.6 Å². The molecule has 0 fully saturated rings. The van der Waals surface area contributed by atoms with Crippen LogP contribution < -0.4 is 0 Å². The normalized spacial score (nSPS) is 13.1. The highest BCUT2D eigenvalue weighted by Crippen LogP contribution is 2.16. The number of quaternary nitrogens is 1. The largest absolute Gasteiger partial charge is 0.477 e. The highest BCUT2D eigenvalue weighted by molar-refractivity contribution is 5.72. The number of hydrogen-bond acceptors (Lipinski definition) is 6. The number of nitrogens with zero attached hydrogens (tertiary/aromatic N) is 1. The molecule has 0 spiro atoms. The van der Waals surface area contributed by atoms with Gasteiger partial charge in [-0.15, -0.1) is 0 Å². The topological polar surface area (TPSA) is 99.1 Å². The Bertz CT molecular complexity index is 1140. The maximum Gasteiger partial charge on any atom is 0.362 e. The first kappa shape index (κ1) is 61.5. The van der Waals surface area contributed by atoms with Crippen LogP contribution in [-0.2, 0) is 28.6 Å². The minimum atomic E-state index is -0.876. The summed E-state index contributed by atoms with van der Waals surface area (Å²) in [5.74, 6) is -1.48. The molecule has 0 aromatic rings. The second kappa shape index (κ2) is 47.1. The number of aliphatic carboxylic acids is 1. The summed E-state index contributed by atoms with van der Waals surface area (Å²) in [6.07, 6.45) is 56.3. The summed E-state index contributed by atoms with van der Waals surface area (Å²) in [6.45, 7) is 4.75. The Morgan fingerprint density at radius 3 is 1.22 bits per heavy atom. The van der Waals surface area contributed by atoms with Crippen LogP contribution >= 0.6 is 0 Å². The van der Waals surface area contributed by atoms with Crippen LogP contribution in [0.3, 0.4) is 0 Å². The van der Waals surface area contributed by atoms with Crippen molar-refractivity contribution in [2.75, 3.05) is 41.0 Å². The van der Waals surface area contributed by atoms with Crippen LogP contribution in [0.15, 0.2) is 36.5 Å². The predicted octanol–water partition coefficient (Wildman–Crippen LogP) is 15.8. The van der Waals surface area contributed by atoms with Crippen LogP contribution in [0.2, 0.25) is 0 Å². The van der Waals surface area contributed by atoms with Gasteiger partial charge in [-0.1, -0.05) is 204 Å². The Hall–Kier alpha value is -2.45. The van der Waals surface area contributed by atoms with Crippen molar-refractivity contribution in [3.8, 4) is 0 Å². The summed E-state index contributed by atoms with van der Waals surface area (Å²) in [6, 6.07) is -0.618. The number of rotatable bonds is 49. The number of allylic oxidation sites excluding steroid dienone is 6. The van der Waals surface area contributed by atoms with Crippen LogP contribution in [0.4, 0.5) is 0 Å². The molecule has 0 aliphatic rings. The maximum atomic E-state index is 12.8. The van der Waals surface area contributed by atoms with E-state index in [0.29, 0.717) is 19.3 Å². The van der Waals surface area contributed by atoms with Crippen LogP contribution in [0, 0.1) is 0 Å². The quantitative estimate of drug-likeness (QED) is 0.0213. The molecule has 0 aromatic heterocycles. The molecule has 374 valence electrons. The Labute approximate surface area is 395 Å². The Morgan fingerprint density at radius 2 is 0.828 bits per heavy atom. The average Bonchev–Trinajstić information content (AvgIpc) is 3.26. The van der Waals surface area contributed by atoms with Crippen molar-refractivity contribution >= 4 is 17.9 Å². The Morgan fingerprint density at radius 1 is 0.469 bits per heavy atom. The molecule has 0 radical (unpaired) electrons. The van der Waals surface area contributed by atoms with Crippen molar-refractivity contribution in [2.45, 2.75) is 264 Å². The smallest absolute Gasteiger partial charge is 0.362 e. The zero-order chi connectivity index (χ0) is 47.0. The number of unbranched alkanes of at least 4 members (excludes halogenated alkanes) is 30. The van der Waals surface area contributed by atoms with Gasteiger partial charge in [-0.3, -0.25) is 9.59 Å². The summed E-state index contributed by atoms with van der Waals surface area (Å²) in [4.78, 5) is 37.2. The predicted molar refractivity (Wildman–Crippen MR) is 271 cm³/mol. The monoisotopic (exact) mass is 903 g/mol. The number of ether oxygens (including phenoxy) is 3. The van der Waals surface area contributed by atoms with Gasteiger partial charge < -0.3 is 23.8 Å². The molecule has 1 N–H and O–H groups in total. The van der Waals surface area contributed by atoms with Crippen molar-refractivity contribution in [2.24, 2.45) is 0 Å². The van der Waals surface area contributed by atoms with Gasteiger partial charge in [0.05, 0.1) is 34.4 Å². The van der Waals surface area contributed by atoms with Gasteiger partial charge in [0.1, 0.15) is 6.61 Å². The number of esters is 2. The molecule has 0 rings (SSSR count). The zero-order valence-corrected chi connectivity index (χ0v) is 42.7. The molecule has 0 aromatic carbocycles. The van der Waals surface area contributed by atoms with E-state index in [1.807, 2.05) is 21.1 Å². The van der Waals surface area contributed by atoms with Crippen LogP contribution in [0.25, 0.3) is 0 Å². The van der Waals surface area contributed by atoms with E-state index in [4.69, 9.17) is 14.2 Å². The van der Waals surface area contributed by atoms with Gasteiger partial charge >= 0.3 is 17.9 Å². The van der Waals surface area contributed by atoms with Crippen molar-refractivity contribution in [1.29, 1.82) is 0 Å². The van der Waals surface area contributed by atoms with E-state index in [-0.39, 0.29) is 36.2 Å². The minimum absolute atomic E-state index is 0.0560. The molecule has 0 aliphatic heterocycles. The van der Waals surface area contributed by atoms with Crippen molar-refractivity contribution in [3.05, 3.63) is 36.5 Å². The fraction of sp³-hybridized carbons (Fsp3) is 0.839. The molecule has 0 aliphatic carbocycles. The highest BCUT2D eigenvalue weighted by atomic mass is 16.6. The van der Waals surface area contributed by atoms with Gasteiger partial charge in [-0.25, -0.2) is 4.79 Å². The lowest BCUT2D eigenvalue weighted by Gasteiger charge is -2.31. The average molecular weight is 903 g/mol. The van der Waals surface area contributed by atoms with E-state index in [2.05, 4.69) is 50.3 Å². The molecule has 0 bridgehead atoms. The van der Waals surface area contributed by atoms with E-state index in [9.17, 15) is 19.5 Å². The van der Waals surface area contributed by atoms with Gasteiger partial charge in [0, 0.05) is 19.3 Å². The number of carbonyl (C=O) groups excluding carboxylic acids is 2. The summed E-state index contributed by atoms with van der Waals surface area (Å²) < 4.78 is 17.4. The van der Waals surface area contributed by atoms with E-state index in [1.54, 1.807) is 0 Å². The molecule has 2 unspecified atom stereocenters. The van der Waals surface area contributed by atoms with Gasteiger partial charge in [-0.2, -0.15) is 0 Å². The molecule has 0 saturated carbocycles. The Kier molecular flexibility index (Phi) is 45.3. The summed E-state index contributed by atoms with van der Waals surface area (Å²) in [5, 5.41) is 9.66. The summed E-state index contributed by atoms with van der Waals surface area (Å²) in [5.41, 5.74) is 0. The third kappa shape index (κ3) is 44.7. The van der Waals surface area contributed by atoms with Gasteiger partial charge in [0.2, 0.25) is 0 Å². The van der Waals surface area contributed by atoms with E-state index >= 15 is 0 Å². The number of carboxylic acids is 1. The fourth-order valence-corrected chi connectivity index (χ4v) is 8.08. The lowest BCUT2D eigenvalue weighted by Crippen LogP contribution is -2.50. The molecule has 0 heterocycles. The SMILES string of the molecule is CCCCCCCCC/C=C/C=C/CCCCCCCC(=O)OCC(COCCC(C(=O)O)[N+](C)(C)C)OC(=O)CCCCCCCCC/C=C/CCCCCCCCCCCCC. The summed E-state index contributed by atoms with van der Waals surface area (Å²) in [7, 11) is 5.54. The number of carboxylic acid groups (broad SMARTS) is 1. The summed E-state index contributed by atoms with van der Waals surface area (Å²) >= 11 is 0. The third-order valence-electron chi connectivity index (χ3n) is 12.3. The first-order valence-corrected chi connectivity index (χ1v) is 27.0. The molecule has 8 heteroatoms. The number of likely N-dealkylation sites (N-methyl/N-ethyl adjacent to an activating group) is 1. The number of carbonyl (C=O) groups is 3. The van der Waals surface area contributed by atoms with Gasteiger partial charge in [0.25, 0.3) is 0 Å². The highest BCUT2D eigenvalue weighted by Gasteiger charge is 2.31. The van der Waals surface area contributed by atoms with E-state index in [1.165, 1.54) is 161 Å². The van der Waals surface area contributed by atoms with Crippen LogP contribution in [0.1, 0.15) is 251 Å². The van der Waals surface area contributed by atoms with Gasteiger partial charge in [0.15, 0.2) is 12.1 Å². The lowest BCUT2D eigenvalue weighted by atomic mass is 10.0. The van der Waals surface area contributed by atoms with Crippen molar-refractivity contribution in [3.63, 3.8) is 0 Å². The maximum absolute atomic E-state index is 12.8. The molecular weight excluding hydrogens is 799 g/mol. The van der Waals surface area contributed by atoms with E-state index in [0.717, 1.165) is 57.8 Å². The van der Waals surface area contributed by atoms with Crippen molar-refractivity contribution in [1.82, 2.24) is 0 Å². The third-order valence-corrected chi connectivity index (χ3v) is 12.3. The standard InChI is InChI=1S/C56H103NO7/c1-6-8-10-12-14-16-18-20-22-24-26-27-28-29-31-33-35-37-39-41-43-45-47-55(59)64-52(50-62-49-48-53(56(60)61)57(3,4)5)51-63-54(58)46-44-42-40-38-36-34-32-30-25-23-21-19-17-15-13-11-9-7-2/h23,25,28-30,32,52-53H,6-22,24,26-27,31,33-51H2,1-5H3/p+1/b25-23+,29-28+,32-30+. The second-order valence-electron chi connectivity index (χ2n) is 19.5. The number of hydrogen-bond donors (Lipinski definition) is 1. The van der Waals surface area contributed by atoms with Crippen LogP contribution in [0.5, 0.6) is 0 Å². The molecule has 2 atom stereocenters. The van der Waals surface area contributed by atoms with Crippen molar-refractivity contribution < 1.29 is 38.2 Å². The second-order valence-corrected chi connectivity index (χ2v) is 19.5. The van der Waals surface area contributed by atoms with E-state index < -0.39 is 18.1 Å². The Balaban J connectivity index is 4.23. The minimum Gasteiger partial charge on any atom is -0.477 e. The first-order chi connectivity index (χ1) is 31.1. The molecule has 8 nitrogen and oxygen atoms in total. The first-order valence-electron chi connectivity index (χ1n) is 27.0.